The van der Waals surface area contributed by atoms with E-state index in [0.717, 1.165) is 0 Å². The molecule has 0 fully saturated rings. The Hall–Kier alpha value is -1.58. The second-order valence-corrected chi connectivity index (χ2v) is 8.51. The first-order valence-corrected chi connectivity index (χ1v) is 10.9. The lowest BCUT2D eigenvalue weighted by Crippen LogP contribution is -2.31. The van der Waals surface area contributed by atoms with E-state index in [2.05, 4.69) is 10.1 Å². The third kappa shape index (κ3) is 6.30. The Balaban J connectivity index is 2.78. The Morgan fingerprint density at radius 2 is 1.88 bits per heavy atom. The number of methoxy groups -OCH3 is 1. The van der Waals surface area contributed by atoms with Crippen molar-refractivity contribution in [2.45, 2.75) is 32.1 Å². The fraction of sp³-hybridized carbons (Fsp3) is 0.529. The predicted octanol–water partition coefficient (Wildman–Crippen LogP) is 2.26. The van der Waals surface area contributed by atoms with Crippen LogP contribution in [0.4, 0.5) is 5.69 Å². The SMILES string of the molecule is CCN(CC)S(=O)(=O)c1cc(NC(=O)CSCCC(=O)OC)ccc1C. The monoisotopic (exact) mass is 402 g/mol. The van der Waals surface area contributed by atoms with E-state index in [9.17, 15) is 18.0 Å². The Morgan fingerprint density at radius 1 is 1.23 bits per heavy atom. The van der Waals surface area contributed by atoms with Crippen LogP contribution in [-0.4, -0.2) is 56.3 Å². The number of nitrogens with one attached hydrogen (secondary N) is 1. The maximum atomic E-state index is 12.7. The minimum absolute atomic E-state index is 0.170. The third-order valence-corrected chi connectivity index (χ3v) is 6.86. The molecular formula is C17H26N2O5S2. The predicted molar refractivity (Wildman–Crippen MR) is 104 cm³/mol. The molecule has 0 radical (unpaired) electrons. The van der Waals surface area contributed by atoms with Gasteiger partial charge in [-0.05, 0) is 24.6 Å². The first kappa shape index (κ1) is 22.5. The van der Waals surface area contributed by atoms with Gasteiger partial charge in [0, 0.05) is 24.5 Å². The van der Waals surface area contributed by atoms with E-state index < -0.39 is 10.0 Å². The number of aryl methyl sites for hydroxylation is 1. The summed E-state index contributed by atoms with van der Waals surface area (Å²) in [5.41, 5.74) is 1.06. The summed E-state index contributed by atoms with van der Waals surface area (Å²) in [5.74, 6) is 0.0797. The van der Waals surface area contributed by atoms with Gasteiger partial charge in [-0.25, -0.2) is 8.42 Å². The smallest absolute Gasteiger partial charge is 0.306 e. The summed E-state index contributed by atoms with van der Waals surface area (Å²) < 4.78 is 31.4. The molecule has 0 spiro atoms. The van der Waals surface area contributed by atoms with Crippen LogP contribution in [-0.2, 0) is 24.3 Å². The van der Waals surface area contributed by atoms with Crippen molar-refractivity contribution in [3.05, 3.63) is 23.8 Å². The molecular weight excluding hydrogens is 376 g/mol. The fourth-order valence-electron chi connectivity index (χ4n) is 2.28. The van der Waals surface area contributed by atoms with Crippen LogP contribution in [0.5, 0.6) is 0 Å². The summed E-state index contributed by atoms with van der Waals surface area (Å²) in [7, 11) is -2.28. The molecule has 26 heavy (non-hydrogen) atoms. The number of amides is 1. The zero-order valence-corrected chi connectivity index (χ0v) is 17.2. The number of hydrogen-bond acceptors (Lipinski definition) is 6. The summed E-state index contributed by atoms with van der Waals surface area (Å²) in [5, 5.41) is 2.70. The van der Waals surface area contributed by atoms with Gasteiger partial charge in [-0.3, -0.25) is 9.59 Å². The van der Waals surface area contributed by atoms with Crippen LogP contribution in [0.25, 0.3) is 0 Å². The number of anilines is 1. The van der Waals surface area contributed by atoms with Crippen LogP contribution in [0.1, 0.15) is 25.8 Å². The van der Waals surface area contributed by atoms with Crippen molar-refractivity contribution in [3.63, 3.8) is 0 Å². The van der Waals surface area contributed by atoms with E-state index in [-0.39, 0.29) is 28.9 Å². The number of sulfonamides is 1. The molecule has 1 N–H and O–H groups in total. The molecule has 1 rings (SSSR count). The molecule has 1 amide bonds. The van der Waals surface area contributed by atoms with Crippen LogP contribution in [0.3, 0.4) is 0 Å². The van der Waals surface area contributed by atoms with Gasteiger partial charge in [0.1, 0.15) is 0 Å². The quantitative estimate of drug-likeness (QED) is 0.477. The number of carbonyl (C=O) groups excluding carboxylic acids is 2. The van der Waals surface area contributed by atoms with Crippen LogP contribution < -0.4 is 5.32 Å². The van der Waals surface area contributed by atoms with Crippen LogP contribution in [0.2, 0.25) is 0 Å². The Kier molecular flexibility index (Phi) is 9.11. The van der Waals surface area contributed by atoms with Gasteiger partial charge >= 0.3 is 5.97 Å². The Morgan fingerprint density at radius 3 is 2.46 bits per heavy atom. The van der Waals surface area contributed by atoms with Gasteiger partial charge in [0.15, 0.2) is 0 Å². The lowest BCUT2D eigenvalue weighted by molar-refractivity contribution is -0.140. The second-order valence-electron chi connectivity index (χ2n) is 5.50. The molecule has 9 heteroatoms. The highest BCUT2D eigenvalue weighted by Crippen LogP contribution is 2.23. The normalized spacial score (nSPS) is 11.4. The topological polar surface area (TPSA) is 92.8 Å². The van der Waals surface area contributed by atoms with Gasteiger partial charge in [0.05, 0.1) is 24.2 Å². The summed E-state index contributed by atoms with van der Waals surface area (Å²) in [6.07, 6.45) is 0.241. The molecule has 0 aliphatic rings. The van der Waals surface area contributed by atoms with Crippen molar-refractivity contribution in [2.24, 2.45) is 0 Å². The lowest BCUT2D eigenvalue weighted by atomic mass is 10.2. The second kappa shape index (κ2) is 10.5. The molecule has 1 aromatic rings. The maximum absolute atomic E-state index is 12.7. The van der Waals surface area contributed by atoms with Crippen molar-refractivity contribution in [1.29, 1.82) is 0 Å². The van der Waals surface area contributed by atoms with E-state index in [4.69, 9.17) is 0 Å². The summed E-state index contributed by atoms with van der Waals surface area (Å²) in [4.78, 5) is 23.2. The summed E-state index contributed by atoms with van der Waals surface area (Å²) >= 11 is 1.31. The minimum Gasteiger partial charge on any atom is -0.469 e. The largest absolute Gasteiger partial charge is 0.469 e. The minimum atomic E-state index is -3.60. The summed E-state index contributed by atoms with van der Waals surface area (Å²) in [6, 6.07) is 4.84. The molecule has 0 unspecified atom stereocenters. The van der Waals surface area contributed by atoms with Gasteiger partial charge in [0.25, 0.3) is 0 Å². The highest BCUT2D eigenvalue weighted by Gasteiger charge is 2.24. The van der Waals surface area contributed by atoms with Crippen molar-refractivity contribution >= 4 is 39.3 Å². The van der Waals surface area contributed by atoms with E-state index in [1.54, 1.807) is 32.9 Å². The van der Waals surface area contributed by atoms with Gasteiger partial charge in [0.2, 0.25) is 15.9 Å². The Labute approximate surface area is 159 Å². The standard InChI is InChI=1S/C17H26N2O5S2/c1-5-19(6-2)26(22,23)15-11-14(8-7-13(15)3)18-16(20)12-25-10-9-17(21)24-4/h7-8,11H,5-6,9-10,12H2,1-4H3,(H,18,20). The molecule has 0 aliphatic carbocycles. The molecule has 146 valence electrons. The van der Waals surface area contributed by atoms with Gasteiger partial charge in [-0.1, -0.05) is 19.9 Å². The molecule has 0 aromatic heterocycles. The summed E-state index contributed by atoms with van der Waals surface area (Å²) in [6.45, 7) is 6.06. The van der Waals surface area contributed by atoms with Crippen LogP contribution >= 0.6 is 11.8 Å². The molecule has 0 aliphatic heterocycles. The Bertz CT molecular complexity index is 731. The van der Waals surface area contributed by atoms with Gasteiger partial charge in [-0.15, -0.1) is 0 Å². The maximum Gasteiger partial charge on any atom is 0.306 e. The fourth-order valence-corrected chi connectivity index (χ4v) is 4.70. The molecule has 7 nitrogen and oxygen atoms in total. The lowest BCUT2D eigenvalue weighted by Gasteiger charge is -2.20. The number of esters is 1. The highest BCUT2D eigenvalue weighted by molar-refractivity contribution is 7.99. The molecule has 0 heterocycles. The van der Waals surface area contributed by atoms with E-state index in [0.29, 0.717) is 30.1 Å². The molecule has 0 atom stereocenters. The number of ether oxygens (including phenoxy) is 1. The van der Waals surface area contributed by atoms with E-state index in [1.165, 1.54) is 29.2 Å². The number of nitrogens with zero attached hydrogens (tertiary/aromatic N) is 1. The van der Waals surface area contributed by atoms with Crippen LogP contribution in [0, 0.1) is 6.92 Å². The number of benzene rings is 1. The first-order chi connectivity index (χ1) is 12.3. The van der Waals surface area contributed by atoms with E-state index in [1.807, 2.05) is 0 Å². The van der Waals surface area contributed by atoms with Crippen molar-refractivity contribution in [2.75, 3.05) is 37.0 Å². The zero-order valence-electron chi connectivity index (χ0n) is 15.6. The number of thioether (sulfide) groups is 1. The van der Waals surface area contributed by atoms with Crippen LogP contribution in [0.15, 0.2) is 23.1 Å². The number of rotatable bonds is 10. The molecule has 0 saturated heterocycles. The highest BCUT2D eigenvalue weighted by atomic mass is 32.2. The molecule has 0 bridgehead atoms. The third-order valence-electron chi connectivity index (χ3n) is 3.71. The molecule has 0 saturated carbocycles. The zero-order chi connectivity index (χ0) is 19.7. The number of carbonyl (C=O) groups is 2. The van der Waals surface area contributed by atoms with Crippen molar-refractivity contribution in [1.82, 2.24) is 4.31 Å². The number of hydrogen-bond donors (Lipinski definition) is 1. The van der Waals surface area contributed by atoms with E-state index >= 15 is 0 Å². The van der Waals surface area contributed by atoms with Gasteiger partial charge < -0.3 is 10.1 Å². The van der Waals surface area contributed by atoms with Crippen molar-refractivity contribution in [3.8, 4) is 0 Å². The van der Waals surface area contributed by atoms with Crippen molar-refractivity contribution < 1.29 is 22.7 Å². The average molecular weight is 403 g/mol. The average Bonchev–Trinajstić information content (AvgIpc) is 2.60. The van der Waals surface area contributed by atoms with Gasteiger partial charge in [-0.2, -0.15) is 16.1 Å². The molecule has 1 aromatic carbocycles. The first-order valence-electron chi connectivity index (χ1n) is 8.31.